The molecule has 0 saturated carbocycles. The van der Waals surface area contributed by atoms with Crippen LogP contribution in [0.3, 0.4) is 0 Å². The number of nitrogens with zero attached hydrogens (tertiary/aromatic N) is 2. The number of amides is 1. The second-order valence-electron chi connectivity index (χ2n) is 6.28. The van der Waals surface area contributed by atoms with Crippen molar-refractivity contribution < 1.29 is 9.53 Å². The Morgan fingerprint density at radius 2 is 1.96 bits per heavy atom. The number of hydrogen-bond donors (Lipinski definition) is 2. The first-order valence-corrected chi connectivity index (χ1v) is 8.13. The molecule has 7 nitrogen and oxygen atoms in total. The molecular formula is C18H24N4O3. The smallest absolute Gasteiger partial charge is 0.280 e. The number of aromatic nitrogens is 2. The number of aryl methyl sites for hydroxylation is 1. The van der Waals surface area contributed by atoms with Gasteiger partial charge in [-0.15, -0.1) is 0 Å². The molecule has 134 valence electrons. The number of ether oxygens (including phenoxy) is 1. The Morgan fingerprint density at radius 3 is 2.52 bits per heavy atom. The molecule has 0 atom stereocenters. The lowest BCUT2D eigenvalue weighted by Crippen LogP contribution is -2.24. The van der Waals surface area contributed by atoms with E-state index in [1.54, 1.807) is 45.2 Å². The number of hydrogen-bond acceptors (Lipinski definition) is 4. The third-order valence-electron chi connectivity index (χ3n) is 3.71. The van der Waals surface area contributed by atoms with E-state index in [0.29, 0.717) is 34.8 Å². The van der Waals surface area contributed by atoms with Gasteiger partial charge >= 0.3 is 0 Å². The molecule has 0 spiro atoms. The van der Waals surface area contributed by atoms with Crippen molar-refractivity contribution in [2.75, 3.05) is 7.11 Å². The molecule has 2 rings (SSSR count). The summed E-state index contributed by atoms with van der Waals surface area (Å²) in [5.41, 5.74) is 4.56. The van der Waals surface area contributed by atoms with E-state index < -0.39 is 0 Å². The standard InChI is InChI=1S/C18H24N4O3/c1-11(2)10-16(23)20-19-12(3)17-13(4)21-22(18(17)24)14-6-8-15(25-5)9-7-14/h6-9,11,21H,10H2,1-5H3,(H,20,23)/b19-12+. The number of hydrazone groups is 1. The summed E-state index contributed by atoms with van der Waals surface area (Å²) in [5.74, 6) is 0.792. The summed E-state index contributed by atoms with van der Waals surface area (Å²) in [5, 5.41) is 7.10. The summed E-state index contributed by atoms with van der Waals surface area (Å²) in [7, 11) is 1.59. The number of H-pyrrole nitrogens is 1. The minimum atomic E-state index is -0.220. The molecule has 2 N–H and O–H groups in total. The Morgan fingerprint density at radius 1 is 1.32 bits per heavy atom. The molecule has 0 fully saturated rings. The first-order chi connectivity index (χ1) is 11.8. The van der Waals surface area contributed by atoms with Gasteiger partial charge in [0, 0.05) is 12.1 Å². The van der Waals surface area contributed by atoms with E-state index in [9.17, 15) is 9.59 Å². The summed E-state index contributed by atoms with van der Waals surface area (Å²) in [4.78, 5) is 24.4. The van der Waals surface area contributed by atoms with E-state index in [1.807, 2.05) is 13.8 Å². The maximum absolute atomic E-state index is 12.7. The molecule has 1 amide bonds. The zero-order valence-corrected chi connectivity index (χ0v) is 15.2. The Kier molecular flexibility index (Phi) is 5.80. The highest BCUT2D eigenvalue weighted by Crippen LogP contribution is 2.14. The number of nitrogens with one attached hydrogen (secondary N) is 2. The molecule has 0 aliphatic rings. The lowest BCUT2D eigenvalue weighted by atomic mass is 10.1. The highest BCUT2D eigenvalue weighted by Gasteiger charge is 2.15. The van der Waals surface area contributed by atoms with Crippen molar-refractivity contribution in [2.24, 2.45) is 11.0 Å². The minimum Gasteiger partial charge on any atom is -0.497 e. The molecule has 2 aromatic rings. The molecule has 0 radical (unpaired) electrons. The van der Waals surface area contributed by atoms with Gasteiger partial charge in [-0.05, 0) is 44.0 Å². The van der Waals surface area contributed by atoms with Gasteiger partial charge in [-0.2, -0.15) is 5.10 Å². The van der Waals surface area contributed by atoms with Crippen LogP contribution in [-0.2, 0) is 4.79 Å². The average Bonchev–Trinajstić information content (AvgIpc) is 2.87. The van der Waals surface area contributed by atoms with Crippen molar-refractivity contribution >= 4 is 11.6 Å². The van der Waals surface area contributed by atoms with E-state index in [1.165, 1.54) is 4.68 Å². The summed E-state index contributed by atoms with van der Waals surface area (Å²) < 4.78 is 6.57. The second kappa shape index (κ2) is 7.83. The van der Waals surface area contributed by atoms with Gasteiger partial charge in [-0.25, -0.2) is 10.1 Å². The van der Waals surface area contributed by atoms with Crippen LogP contribution in [0.5, 0.6) is 5.75 Å². The fourth-order valence-electron chi connectivity index (χ4n) is 2.50. The van der Waals surface area contributed by atoms with Crippen LogP contribution in [0.15, 0.2) is 34.2 Å². The molecule has 0 unspecified atom stereocenters. The third kappa shape index (κ3) is 4.37. The highest BCUT2D eigenvalue weighted by molar-refractivity contribution is 6.00. The normalized spacial score (nSPS) is 11.7. The van der Waals surface area contributed by atoms with Gasteiger partial charge < -0.3 is 4.74 Å². The van der Waals surface area contributed by atoms with Crippen LogP contribution in [-0.4, -0.2) is 28.5 Å². The molecule has 7 heteroatoms. The molecule has 0 bridgehead atoms. The monoisotopic (exact) mass is 344 g/mol. The second-order valence-corrected chi connectivity index (χ2v) is 6.28. The lowest BCUT2D eigenvalue weighted by molar-refractivity contribution is -0.121. The molecule has 1 aromatic heterocycles. The van der Waals surface area contributed by atoms with Gasteiger partial charge in [0.05, 0.1) is 24.1 Å². The predicted octanol–water partition coefficient (Wildman–Crippen LogP) is 2.37. The molecule has 0 aliphatic heterocycles. The van der Waals surface area contributed by atoms with Crippen molar-refractivity contribution in [2.45, 2.75) is 34.1 Å². The Bertz CT molecular complexity index is 829. The summed E-state index contributed by atoms with van der Waals surface area (Å²) in [6, 6.07) is 7.14. The van der Waals surface area contributed by atoms with Gasteiger partial charge in [0.25, 0.3) is 5.56 Å². The van der Waals surface area contributed by atoms with E-state index in [4.69, 9.17) is 4.74 Å². The van der Waals surface area contributed by atoms with Crippen LogP contribution in [0.2, 0.25) is 0 Å². The van der Waals surface area contributed by atoms with Crippen molar-refractivity contribution in [3.8, 4) is 11.4 Å². The highest BCUT2D eigenvalue weighted by atomic mass is 16.5. The van der Waals surface area contributed by atoms with E-state index in [0.717, 1.165) is 0 Å². The van der Waals surface area contributed by atoms with E-state index in [-0.39, 0.29) is 17.4 Å². The van der Waals surface area contributed by atoms with Crippen LogP contribution >= 0.6 is 0 Å². The molecule has 0 aliphatic carbocycles. The summed E-state index contributed by atoms with van der Waals surface area (Å²) in [6.07, 6.45) is 0.388. The van der Waals surface area contributed by atoms with E-state index >= 15 is 0 Å². The molecule has 25 heavy (non-hydrogen) atoms. The van der Waals surface area contributed by atoms with E-state index in [2.05, 4.69) is 15.6 Å². The first kappa shape index (κ1) is 18.5. The van der Waals surface area contributed by atoms with Crippen LogP contribution in [0, 0.1) is 12.8 Å². The maximum Gasteiger partial charge on any atom is 0.280 e. The summed E-state index contributed by atoms with van der Waals surface area (Å²) in [6.45, 7) is 7.41. The Hall–Kier alpha value is -2.83. The molecule has 1 heterocycles. The molecular weight excluding hydrogens is 320 g/mol. The largest absolute Gasteiger partial charge is 0.497 e. The fourth-order valence-corrected chi connectivity index (χ4v) is 2.50. The number of methoxy groups -OCH3 is 1. The third-order valence-corrected chi connectivity index (χ3v) is 3.71. The van der Waals surface area contributed by atoms with Crippen molar-refractivity contribution in [3.05, 3.63) is 45.9 Å². The zero-order chi connectivity index (χ0) is 18.6. The molecule has 1 aromatic carbocycles. The van der Waals surface area contributed by atoms with Gasteiger partial charge in [-0.3, -0.25) is 14.7 Å². The topological polar surface area (TPSA) is 88.5 Å². The number of benzene rings is 1. The minimum absolute atomic E-state index is 0.169. The quantitative estimate of drug-likeness (QED) is 0.623. The number of carbonyl (C=O) groups is 1. The predicted molar refractivity (Wildman–Crippen MR) is 97.5 cm³/mol. The van der Waals surface area contributed by atoms with Crippen molar-refractivity contribution in [3.63, 3.8) is 0 Å². The van der Waals surface area contributed by atoms with Gasteiger partial charge in [0.2, 0.25) is 5.91 Å². The van der Waals surface area contributed by atoms with Crippen LogP contribution in [0.25, 0.3) is 5.69 Å². The zero-order valence-electron chi connectivity index (χ0n) is 15.2. The van der Waals surface area contributed by atoms with Gasteiger partial charge in [0.1, 0.15) is 5.75 Å². The van der Waals surface area contributed by atoms with Crippen molar-refractivity contribution in [1.82, 2.24) is 15.2 Å². The lowest BCUT2D eigenvalue weighted by Gasteiger charge is -2.04. The van der Waals surface area contributed by atoms with Crippen LogP contribution in [0.4, 0.5) is 0 Å². The molecule has 0 saturated heterocycles. The Balaban J connectivity index is 2.29. The maximum atomic E-state index is 12.7. The number of rotatable bonds is 6. The summed E-state index contributed by atoms with van der Waals surface area (Å²) >= 11 is 0. The van der Waals surface area contributed by atoms with Gasteiger partial charge in [-0.1, -0.05) is 13.8 Å². The first-order valence-electron chi connectivity index (χ1n) is 8.13. The average molecular weight is 344 g/mol. The van der Waals surface area contributed by atoms with Crippen LogP contribution in [0.1, 0.15) is 38.4 Å². The van der Waals surface area contributed by atoms with Crippen molar-refractivity contribution in [1.29, 1.82) is 0 Å². The fraction of sp³-hybridized carbons (Fsp3) is 0.389. The Labute approximate surface area is 146 Å². The number of carbonyl (C=O) groups excluding carboxylic acids is 1. The SMILES string of the molecule is COc1ccc(-n2[nH]c(C)c(/C(C)=N/NC(=O)CC(C)C)c2=O)cc1. The van der Waals surface area contributed by atoms with Crippen LogP contribution < -0.4 is 15.7 Å². The van der Waals surface area contributed by atoms with Gasteiger partial charge in [0.15, 0.2) is 0 Å². The number of aromatic amines is 1.